The molecule has 0 amide bonds. The average Bonchev–Trinajstić information content (AvgIpc) is 2.88. The third-order valence-electron chi connectivity index (χ3n) is 4.92. The molecule has 1 aromatic rings. The molecule has 2 fully saturated rings. The number of hydrogen-bond acceptors (Lipinski definition) is 5. The lowest BCUT2D eigenvalue weighted by Crippen LogP contribution is -2.38. The third kappa shape index (κ3) is 5.98. The Balaban J connectivity index is 0.00000225. The summed E-state index contributed by atoms with van der Waals surface area (Å²) in [6.45, 7) is 10.3. The maximum absolute atomic E-state index is 6.39. The van der Waals surface area contributed by atoms with E-state index < -0.39 is 0 Å². The quantitative estimate of drug-likeness (QED) is 0.808. The molecule has 2 aliphatic rings. The zero-order valence-corrected chi connectivity index (χ0v) is 16.4. The molecule has 2 aliphatic heterocycles. The lowest BCUT2D eigenvalue weighted by Gasteiger charge is -2.26. The fourth-order valence-corrected chi connectivity index (χ4v) is 3.61. The third-order valence-corrected chi connectivity index (χ3v) is 5.21. The number of nitrogens with two attached hydrogens (primary N) is 1. The minimum atomic E-state index is 0. The van der Waals surface area contributed by atoms with E-state index in [2.05, 4.69) is 22.8 Å². The molecule has 0 saturated carbocycles. The first kappa shape index (κ1) is 20.7. The zero-order valence-electron chi connectivity index (χ0n) is 14.8. The average molecular weight is 390 g/mol. The molecule has 2 N–H and O–H groups in total. The number of hydrogen-bond donors (Lipinski definition) is 1. The van der Waals surface area contributed by atoms with E-state index in [1.807, 2.05) is 12.1 Å². The van der Waals surface area contributed by atoms with E-state index in [4.69, 9.17) is 26.8 Å². The van der Waals surface area contributed by atoms with Gasteiger partial charge in [0.1, 0.15) is 12.4 Å². The van der Waals surface area contributed by atoms with Crippen LogP contribution in [0.4, 0.5) is 0 Å². The largest absolute Gasteiger partial charge is 0.491 e. The van der Waals surface area contributed by atoms with Crippen LogP contribution in [0.15, 0.2) is 18.2 Å². The van der Waals surface area contributed by atoms with Gasteiger partial charge in [0.15, 0.2) is 0 Å². The number of rotatable bonds is 6. The van der Waals surface area contributed by atoms with Gasteiger partial charge in [-0.25, -0.2) is 0 Å². The minimum Gasteiger partial charge on any atom is -0.491 e. The molecular weight excluding hydrogens is 361 g/mol. The lowest BCUT2D eigenvalue weighted by atomic mass is 10.1. The number of ether oxygens (including phenoxy) is 2. The van der Waals surface area contributed by atoms with Crippen LogP contribution in [0.2, 0.25) is 5.02 Å². The van der Waals surface area contributed by atoms with Crippen LogP contribution in [0.1, 0.15) is 12.5 Å². The summed E-state index contributed by atoms with van der Waals surface area (Å²) in [4.78, 5) is 4.74. The Kier molecular flexibility index (Phi) is 8.26. The van der Waals surface area contributed by atoms with Crippen LogP contribution in [0.25, 0.3) is 0 Å². The molecule has 0 aromatic heterocycles. The summed E-state index contributed by atoms with van der Waals surface area (Å²) in [5.74, 6) is 1.32. The Hall–Kier alpha value is -0.560. The van der Waals surface area contributed by atoms with Gasteiger partial charge >= 0.3 is 0 Å². The molecule has 0 spiro atoms. The van der Waals surface area contributed by atoms with E-state index in [0.717, 1.165) is 58.2 Å². The van der Waals surface area contributed by atoms with Gasteiger partial charge in [0.05, 0.1) is 18.2 Å². The Morgan fingerprint density at radius 2 is 2.00 bits per heavy atom. The molecule has 5 nitrogen and oxygen atoms in total. The van der Waals surface area contributed by atoms with E-state index in [0.29, 0.717) is 17.5 Å². The molecule has 7 heteroatoms. The van der Waals surface area contributed by atoms with Gasteiger partial charge in [-0.2, -0.15) is 0 Å². The van der Waals surface area contributed by atoms with Gasteiger partial charge in [-0.1, -0.05) is 24.6 Å². The summed E-state index contributed by atoms with van der Waals surface area (Å²) in [6.07, 6.45) is 0. The Labute approximate surface area is 161 Å². The Bertz CT molecular complexity index is 531. The van der Waals surface area contributed by atoms with Crippen molar-refractivity contribution in [2.24, 2.45) is 11.7 Å². The Morgan fingerprint density at radius 3 is 2.64 bits per heavy atom. The van der Waals surface area contributed by atoms with Crippen LogP contribution in [0.5, 0.6) is 5.75 Å². The van der Waals surface area contributed by atoms with Crippen LogP contribution in [0, 0.1) is 5.92 Å². The second kappa shape index (κ2) is 9.95. The van der Waals surface area contributed by atoms with Crippen molar-refractivity contribution in [3.05, 3.63) is 28.8 Å². The monoisotopic (exact) mass is 389 g/mol. The van der Waals surface area contributed by atoms with Crippen LogP contribution in [-0.4, -0.2) is 68.4 Å². The highest BCUT2D eigenvalue weighted by Crippen LogP contribution is 2.27. The van der Waals surface area contributed by atoms with Crippen molar-refractivity contribution in [3.8, 4) is 5.75 Å². The highest BCUT2D eigenvalue weighted by atomic mass is 35.5. The second-order valence-corrected chi connectivity index (χ2v) is 7.31. The van der Waals surface area contributed by atoms with E-state index in [1.165, 1.54) is 5.56 Å². The first-order chi connectivity index (χ1) is 11.6. The SMILES string of the molecule is CC1CN(Cc2ccc(OCCN3CCOCC3)c(Cl)c2)CC1N.Cl. The fraction of sp³-hybridized carbons (Fsp3) is 0.667. The Morgan fingerprint density at radius 1 is 1.24 bits per heavy atom. The molecule has 25 heavy (non-hydrogen) atoms. The highest BCUT2D eigenvalue weighted by molar-refractivity contribution is 6.32. The minimum absolute atomic E-state index is 0. The van der Waals surface area contributed by atoms with Crippen molar-refractivity contribution in [3.63, 3.8) is 0 Å². The summed E-state index contributed by atoms with van der Waals surface area (Å²) < 4.78 is 11.2. The van der Waals surface area contributed by atoms with Crippen molar-refractivity contribution in [2.45, 2.75) is 19.5 Å². The van der Waals surface area contributed by atoms with Gasteiger partial charge in [-0.05, 0) is 23.6 Å². The van der Waals surface area contributed by atoms with Crippen LogP contribution >= 0.6 is 24.0 Å². The van der Waals surface area contributed by atoms with Crippen LogP contribution in [0.3, 0.4) is 0 Å². The molecule has 2 atom stereocenters. The second-order valence-electron chi connectivity index (χ2n) is 6.90. The molecule has 3 rings (SSSR count). The van der Waals surface area contributed by atoms with Crippen LogP contribution < -0.4 is 10.5 Å². The van der Waals surface area contributed by atoms with Crippen molar-refractivity contribution in [2.75, 3.05) is 52.5 Å². The predicted octanol–water partition coefficient (Wildman–Crippen LogP) is 2.25. The van der Waals surface area contributed by atoms with Gasteiger partial charge in [0, 0.05) is 45.3 Å². The summed E-state index contributed by atoms with van der Waals surface area (Å²) >= 11 is 6.39. The van der Waals surface area contributed by atoms with Gasteiger partial charge in [0.2, 0.25) is 0 Å². The maximum Gasteiger partial charge on any atom is 0.137 e. The standard InChI is InChI=1S/C18H28ClN3O2.ClH/c1-14-11-22(13-17(14)20)12-15-2-3-18(16(19)10-15)24-9-6-21-4-7-23-8-5-21;/h2-3,10,14,17H,4-9,11-13,20H2,1H3;1H. The molecule has 2 heterocycles. The molecule has 2 unspecified atom stereocenters. The van der Waals surface area contributed by atoms with Gasteiger partial charge in [0.25, 0.3) is 0 Å². The first-order valence-electron chi connectivity index (χ1n) is 8.81. The molecule has 2 saturated heterocycles. The van der Waals surface area contributed by atoms with Crippen molar-refractivity contribution in [1.29, 1.82) is 0 Å². The fourth-order valence-electron chi connectivity index (χ4n) is 3.35. The van der Waals surface area contributed by atoms with Crippen molar-refractivity contribution in [1.82, 2.24) is 9.80 Å². The van der Waals surface area contributed by atoms with Crippen LogP contribution in [-0.2, 0) is 11.3 Å². The molecule has 142 valence electrons. The zero-order chi connectivity index (χ0) is 16.9. The molecule has 0 bridgehead atoms. The number of benzene rings is 1. The molecule has 0 radical (unpaired) electrons. The van der Waals surface area contributed by atoms with E-state index in [1.54, 1.807) is 0 Å². The number of halogens is 2. The van der Waals surface area contributed by atoms with Gasteiger partial charge in [-0.3, -0.25) is 9.80 Å². The molecule has 1 aromatic carbocycles. The first-order valence-corrected chi connectivity index (χ1v) is 9.19. The van der Waals surface area contributed by atoms with Gasteiger partial charge in [-0.15, -0.1) is 12.4 Å². The summed E-state index contributed by atoms with van der Waals surface area (Å²) in [5.41, 5.74) is 7.30. The number of nitrogens with zero attached hydrogens (tertiary/aromatic N) is 2. The number of likely N-dealkylation sites (tertiary alicyclic amines) is 1. The van der Waals surface area contributed by atoms with E-state index in [-0.39, 0.29) is 18.4 Å². The summed E-state index contributed by atoms with van der Waals surface area (Å²) in [7, 11) is 0. The van der Waals surface area contributed by atoms with E-state index in [9.17, 15) is 0 Å². The van der Waals surface area contributed by atoms with Crippen molar-refractivity contribution < 1.29 is 9.47 Å². The molecular formula is C18H29Cl2N3O2. The smallest absolute Gasteiger partial charge is 0.137 e. The summed E-state index contributed by atoms with van der Waals surface area (Å²) in [5, 5.41) is 0.686. The van der Waals surface area contributed by atoms with Crippen molar-refractivity contribution >= 4 is 24.0 Å². The van der Waals surface area contributed by atoms with Gasteiger partial charge < -0.3 is 15.2 Å². The predicted molar refractivity (Wildman–Crippen MR) is 104 cm³/mol. The van der Waals surface area contributed by atoms with E-state index >= 15 is 0 Å². The number of morpholine rings is 1. The topological polar surface area (TPSA) is 51.0 Å². The molecule has 0 aliphatic carbocycles. The normalized spacial score (nSPS) is 24.9. The maximum atomic E-state index is 6.39. The lowest BCUT2D eigenvalue weighted by molar-refractivity contribution is 0.0322. The highest BCUT2D eigenvalue weighted by Gasteiger charge is 2.26. The summed E-state index contributed by atoms with van der Waals surface area (Å²) in [6, 6.07) is 6.38.